The van der Waals surface area contributed by atoms with E-state index in [0.29, 0.717) is 0 Å². The summed E-state index contributed by atoms with van der Waals surface area (Å²) < 4.78 is 36.9. The summed E-state index contributed by atoms with van der Waals surface area (Å²) in [5, 5.41) is 9.22. The van der Waals surface area contributed by atoms with Gasteiger partial charge >= 0.3 is 6.18 Å². The van der Waals surface area contributed by atoms with Gasteiger partial charge in [-0.1, -0.05) is 22.0 Å². The molecule has 1 atom stereocenters. The van der Waals surface area contributed by atoms with Crippen LogP contribution in [0.1, 0.15) is 11.6 Å². The average molecular weight is 270 g/mol. The lowest BCUT2D eigenvalue weighted by Crippen LogP contribution is -2.28. The molecule has 0 unspecified atom stereocenters. The van der Waals surface area contributed by atoms with Crippen LogP contribution in [0, 0.1) is 0 Å². The van der Waals surface area contributed by atoms with Crippen molar-refractivity contribution < 1.29 is 18.3 Å². The monoisotopic (exact) mass is 269 g/mol. The van der Waals surface area contributed by atoms with Crippen molar-refractivity contribution in [2.45, 2.75) is 12.2 Å². The Bertz CT molecular complexity index is 320. The number of nitrogens with two attached hydrogens (primary N) is 1. The number of phenolic OH excluding ortho intramolecular Hbond substituents is 1. The van der Waals surface area contributed by atoms with E-state index in [4.69, 9.17) is 5.73 Å². The zero-order chi connectivity index (χ0) is 10.9. The number of phenols is 1. The molecule has 0 aliphatic rings. The van der Waals surface area contributed by atoms with Gasteiger partial charge in [0.2, 0.25) is 0 Å². The Labute approximate surface area is 86.7 Å². The summed E-state index contributed by atoms with van der Waals surface area (Å²) in [6, 6.07) is 1.79. The smallest absolute Gasteiger partial charge is 0.407 e. The summed E-state index contributed by atoms with van der Waals surface area (Å²) in [5.74, 6) is -0.468. The summed E-state index contributed by atoms with van der Waals surface area (Å²) in [6.45, 7) is 0. The lowest BCUT2D eigenvalue weighted by Gasteiger charge is -2.18. The van der Waals surface area contributed by atoms with Crippen molar-refractivity contribution in [3.63, 3.8) is 0 Å². The van der Waals surface area contributed by atoms with Crippen LogP contribution in [-0.4, -0.2) is 11.3 Å². The average Bonchev–Trinajstić information content (AvgIpc) is 2.01. The van der Waals surface area contributed by atoms with Crippen LogP contribution < -0.4 is 5.73 Å². The normalized spacial score (nSPS) is 14.1. The fourth-order valence-electron chi connectivity index (χ4n) is 0.997. The Morgan fingerprint density at radius 2 is 1.93 bits per heavy atom. The number of hydrogen-bond donors (Lipinski definition) is 2. The lowest BCUT2D eigenvalue weighted by molar-refractivity contribution is -0.149. The molecule has 78 valence electrons. The second-order valence-corrected chi connectivity index (χ2v) is 3.55. The molecule has 0 aliphatic carbocycles. The minimum Gasteiger partial charge on any atom is -0.508 e. The van der Waals surface area contributed by atoms with E-state index < -0.39 is 18.0 Å². The van der Waals surface area contributed by atoms with Gasteiger partial charge < -0.3 is 10.8 Å². The van der Waals surface area contributed by atoms with Crippen LogP contribution >= 0.6 is 15.9 Å². The van der Waals surface area contributed by atoms with Gasteiger partial charge in [-0.25, -0.2) is 0 Å². The molecule has 1 aromatic rings. The molecule has 0 fully saturated rings. The highest BCUT2D eigenvalue weighted by Crippen LogP contribution is 2.38. The van der Waals surface area contributed by atoms with Crippen LogP contribution in [0.4, 0.5) is 13.2 Å². The summed E-state index contributed by atoms with van der Waals surface area (Å²) in [5.41, 5.74) is 4.61. The van der Waals surface area contributed by atoms with Crippen LogP contribution in [0.3, 0.4) is 0 Å². The van der Waals surface area contributed by atoms with Crippen LogP contribution in [0.25, 0.3) is 0 Å². The molecule has 1 rings (SSSR count). The van der Waals surface area contributed by atoms with Crippen molar-refractivity contribution in [1.29, 1.82) is 0 Å². The minimum atomic E-state index is -4.57. The maximum atomic E-state index is 12.2. The first-order chi connectivity index (χ1) is 6.34. The summed E-state index contributed by atoms with van der Waals surface area (Å²) in [6.07, 6.45) is -4.57. The first kappa shape index (κ1) is 11.3. The molecule has 3 N–H and O–H groups in total. The minimum absolute atomic E-state index is 0.141. The summed E-state index contributed by atoms with van der Waals surface area (Å²) >= 11 is 2.90. The highest BCUT2D eigenvalue weighted by molar-refractivity contribution is 9.10. The second-order valence-electron chi connectivity index (χ2n) is 2.69. The van der Waals surface area contributed by atoms with Gasteiger partial charge in [0.1, 0.15) is 11.8 Å². The first-order valence-corrected chi connectivity index (χ1v) is 4.43. The maximum Gasteiger partial charge on any atom is 0.407 e. The Balaban J connectivity index is 3.19. The topological polar surface area (TPSA) is 46.2 Å². The van der Waals surface area contributed by atoms with Crippen LogP contribution in [0.5, 0.6) is 5.75 Å². The molecule has 0 saturated carbocycles. The molecular formula is C8H7BrF3NO. The molecule has 0 amide bonds. The zero-order valence-corrected chi connectivity index (χ0v) is 8.43. The van der Waals surface area contributed by atoms with E-state index in [0.717, 1.165) is 6.07 Å². The van der Waals surface area contributed by atoms with Gasteiger partial charge in [-0.3, -0.25) is 0 Å². The molecule has 0 spiro atoms. The van der Waals surface area contributed by atoms with E-state index in [2.05, 4.69) is 15.9 Å². The van der Waals surface area contributed by atoms with E-state index >= 15 is 0 Å². The zero-order valence-electron chi connectivity index (χ0n) is 6.85. The van der Waals surface area contributed by atoms with E-state index in [9.17, 15) is 18.3 Å². The largest absolute Gasteiger partial charge is 0.508 e. The molecule has 0 radical (unpaired) electrons. The maximum absolute atomic E-state index is 12.2. The number of halogens is 4. The van der Waals surface area contributed by atoms with E-state index in [1.807, 2.05) is 0 Å². The Hall–Kier alpha value is -0.750. The van der Waals surface area contributed by atoms with Gasteiger partial charge in [0.05, 0.1) is 0 Å². The fourth-order valence-corrected chi connectivity index (χ4v) is 1.60. The molecule has 2 nitrogen and oxygen atoms in total. The molecular weight excluding hydrogens is 263 g/mol. The number of rotatable bonds is 1. The Morgan fingerprint density at radius 1 is 1.36 bits per heavy atom. The number of benzene rings is 1. The van der Waals surface area contributed by atoms with Crippen molar-refractivity contribution >= 4 is 15.9 Å². The van der Waals surface area contributed by atoms with Gasteiger partial charge in [-0.15, -0.1) is 0 Å². The van der Waals surface area contributed by atoms with Crippen molar-refractivity contribution in [1.82, 2.24) is 0 Å². The first-order valence-electron chi connectivity index (χ1n) is 3.63. The third kappa shape index (κ3) is 2.19. The van der Waals surface area contributed by atoms with Crippen LogP contribution in [0.15, 0.2) is 22.7 Å². The van der Waals surface area contributed by atoms with Gasteiger partial charge in [0, 0.05) is 10.0 Å². The quantitative estimate of drug-likeness (QED) is 0.824. The molecule has 6 heteroatoms. The Kier molecular flexibility index (Phi) is 3.06. The highest BCUT2D eigenvalue weighted by Gasteiger charge is 2.40. The van der Waals surface area contributed by atoms with Crippen molar-refractivity contribution in [2.75, 3.05) is 0 Å². The second kappa shape index (κ2) is 3.78. The van der Waals surface area contributed by atoms with Gasteiger partial charge in [-0.2, -0.15) is 13.2 Å². The third-order valence-electron chi connectivity index (χ3n) is 1.69. The van der Waals surface area contributed by atoms with E-state index in [1.165, 1.54) is 12.1 Å². The molecule has 1 aromatic carbocycles. The van der Waals surface area contributed by atoms with Crippen LogP contribution in [-0.2, 0) is 0 Å². The van der Waals surface area contributed by atoms with Gasteiger partial charge in [-0.05, 0) is 12.1 Å². The standard InChI is InChI=1S/C8H7BrF3NO/c9-4-2-1-3-5(14)6(4)7(13)8(10,11)12/h1-3,7,14H,13H2/t7-/m1/s1. The van der Waals surface area contributed by atoms with E-state index in [-0.39, 0.29) is 10.0 Å². The molecule has 0 aliphatic heterocycles. The Morgan fingerprint density at radius 3 is 2.36 bits per heavy atom. The van der Waals surface area contributed by atoms with Crippen LogP contribution in [0.2, 0.25) is 0 Å². The fraction of sp³-hybridized carbons (Fsp3) is 0.250. The van der Waals surface area contributed by atoms with Gasteiger partial charge in [0.25, 0.3) is 0 Å². The third-order valence-corrected chi connectivity index (χ3v) is 2.39. The molecule has 0 aromatic heterocycles. The lowest BCUT2D eigenvalue weighted by atomic mass is 10.1. The van der Waals surface area contributed by atoms with Crippen molar-refractivity contribution in [2.24, 2.45) is 5.73 Å². The van der Waals surface area contributed by atoms with E-state index in [1.54, 1.807) is 0 Å². The predicted molar refractivity (Wildman–Crippen MR) is 48.8 cm³/mol. The SMILES string of the molecule is N[C@H](c1c(O)cccc1Br)C(F)(F)F. The van der Waals surface area contributed by atoms with Crippen molar-refractivity contribution in [3.05, 3.63) is 28.2 Å². The number of alkyl halides is 3. The molecule has 0 saturated heterocycles. The summed E-state index contributed by atoms with van der Waals surface area (Å²) in [7, 11) is 0. The number of hydrogen-bond acceptors (Lipinski definition) is 2. The highest BCUT2D eigenvalue weighted by atomic mass is 79.9. The molecule has 14 heavy (non-hydrogen) atoms. The summed E-state index contributed by atoms with van der Waals surface area (Å²) in [4.78, 5) is 0. The van der Waals surface area contributed by atoms with Gasteiger partial charge in [0.15, 0.2) is 0 Å². The predicted octanol–water partition coefficient (Wildman–Crippen LogP) is 2.72. The molecule has 0 heterocycles. The molecule has 0 bridgehead atoms. The number of aromatic hydroxyl groups is 1. The van der Waals surface area contributed by atoms with Crippen molar-refractivity contribution in [3.8, 4) is 5.75 Å².